The Balaban J connectivity index is 0.00000253. The van der Waals surface area contributed by atoms with Crippen molar-refractivity contribution in [2.75, 3.05) is 0 Å². The van der Waals surface area contributed by atoms with Crippen LogP contribution in [0.4, 0.5) is 4.39 Å². The number of halogens is 1. The molecule has 0 atom stereocenters. The first kappa shape index (κ1) is 23.0. The first-order chi connectivity index (χ1) is 16.6. The standard InChI is InChI=1S/C28H21FN4O.Pt/c1-18-14-19(2)33(31-18)21-6-5-7-22(16-21)34-23-10-11-25-24-8-3-4-9-26(24)32(27(25)17-23)28-15-20(29)12-13-30-28;/h3-17H,1-2H3;. The van der Waals surface area contributed by atoms with Crippen LogP contribution >= 0.6 is 0 Å². The van der Waals surface area contributed by atoms with Gasteiger partial charge in [-0.1, -0.05) is 24.3 Å². The van der Waals surface area contributed by atoms with Crippen LogP contribution in [0.2, 0.25) is 0 Å². The van der Waals surface area contributed by atoms with Crippen molar-refractivity contribution in [1.29, 1.82) is 0 Å². The van der Waals surface area contributed by atoms with Crippen LogP contribution in [0, 0.1) is 19.7 Å². The monoisotopic (exact) mass is 643 g/mol. The van der Waals surface area contributed by atoms with E-state index in [1.807, 2.05) is 89.8 Å². The zero-order valence-electron chi connectivity index (χ0n) is 19.1. The van der Waals surface area contributed by atoms with Gasteiger partial charge in [-0.3, -0.25) is 4.57 Å². The van der Waals surface area contributed by atoms with Gasteiger partial charge in [0.15, 0.2) is 0 Å². The fraction of sp³-hybridized carbons (Fsp3) is 0.0714. The van der Waals surface area contributed by atoms with E-state index in [2.05, 4.69) is 16.1 Å². The summed E-state index contributed by atoms with van der Waals surface area (Å²) in [4.78, 5) is 4.42. The zero-order chi connectivity index (χ0) is 23.2. The van der Waals surface area contributed by atoms with Gasteiger partial charge in [0.2, 0.25) is 0 Å². The molecule has 3 aromatic heterocycles. The maximum Gasteiger partial charge on any atom is 0.140 e. The minimum atomic E-state index is -0.329. The van der Waals surface area contributed by atoms with Crippen molar-refractivity contribution in [2.24, 2.45) is 0 Å². The Morgan fingerprint density at radius 1 is 0.771 bits per heavy atom. The molecule has 0 saturated carbocycles. The molecular weight excluding hydrogens is 622 g/mol. The third-order valence-corrected chi connectivity index (χ3v) is 5.89. The Kier molecular flexibility index (Phi) is 5.99. The summed E-state index contributed by atoms with van der Waals surface area (Å²) >= 11 is 0. The number of fused-ring (bicyclic) bond motifs is 3. The second-order valence-corrected chi connectivity index (χ2v) is 8.30. The molecule has 0 bridgehead atoms. The van der Waals surface area contributed by atoms with Gasteiger partial charge in [0.05, 0.1) is 22.4 Å². The number of benzene rings is 3. The van der Waals surface area contributed by atoms with Crippen molar-refractivity contribution < 1.29 is 30.2 Å². The molecule has 0 saturated heterocycles. The van der Waals surface area contributed by atoms with Crippen molar-refractivity contribution in [3.8, 4) is 23.0 Å². The summed E-state index contributed by atoms with van der Waals surface area (Å²) in [5.74, 6) is 1.58. The third-order valence-electron chi connectivity index (χ3n) is 5.89. The molecule has 0 radical (unpaired) electrons. The first-order valence-corrected chi connectivity index (χ1v) is 11.0. The number of nitrogens with zero attached hydrogens (tertiary/aromatic N) is 4. The van der Waals surface area contributed by atoms with E-state index in [0.717, 1.165) is 38.9 Å². The van der Waals surface area contributed by atoms with E-state index in [-0.39, 0.29) is 26.9 Å². The molecule has 176 valence electrons. The average molecular weight is 644 g/mol. The van der Waals surface area contributed by atoms with Crippen LogP contribution in [0.3, 0.4) is 0 Å². The van der Waals surface area contributed by atoms with Gasteiger partial charge in [0.1, 0.15) is 23.1 Å². The Labute approximate surface area is 216 Å². The largest absolute Gasteiger partial charge is 0.457 e. The van der Waals surface area contributed by atoms with Crippen LogP contribution in [-0.2, 0) is 21.1 Å². The summed E-state index contributed by atoms with van der Waals surface area (Å²) in [6, 6.07) is 26.7. The molecule has 35 heavy (non-hydrogen) atoms. The average Bonchev–Trinajstić information content (AvgIpc) is 3.35. The van der Waals surface area contributed by atoms with Crippen LogP contribution in [0.1, 0.15) is 11.4 Å². The van der Waals surface area contributed by atoms with Gasteiger partial charge >= 0.3 is 0 Å². The number of aryl methyl sites for hydroxylation is 2. The van der Waals surface area contributed by atoms with Crippen LogP contribution in [0.25, 0.3) is 33.3 Å². The Morgan fingerprint density at radius 2 is 1.57 bits per heavy atom. The second-order valence-electron chi connectivity index (χ2n) is 8.30. The predicted octanol–water partition coefficient (Wildman–Crippen LogP) is 6.91. The topological polar surface area (TPSA) is 44.9 Å². The maximum atomic E-state index is 14.0. The molecule has 3 aromatic carbocycles. The molecule has 0 unspecified atom stereocenters. The molecule has 0 aliphatic rings. The zero-order valence-corrected chi connectivity index (χ0v) is 21.3. The molecule has 3 heterocycles. The third kappa shape index (κ3) is 4.15. The minimum Gasteiger partial charge on any atom is -0.457 e. The summed E-state index contributed by atoms with van der Waals surface area (Å²) in [6.45, 7) is 4.01. The van der Waals surface area contributed by atoms with Crippen molar-refractivity contribution >= 4 is 21.8 Å². The Morgan fingerprint density at radius 3 is 2.37 bits per heavy atom. The summed E-state index contributed by atoms with van der Waals surface area (Å²) < 4.78 is 24.2. The van der Waals surface area contributed by atoms with E-state index in [9.17, 15) is 4.39 Å². The SMILES string of the molecule is Cc1cc(C)n(-c2cccc(Oc3ccc4c5ccccc5n(-c5cc(F)ccn5)c4c3)c2)n1.[Pt]. The molecule has 0 fully saturated rings. The maximum absolute atomic E-state index is 14.0. The van der Waals surface area contributed by atoms with Crippen LogP contribution in [0.5, 0.6) is 11.5 Å². The van der Waals surface area contributed by atoms with Crippen LogP contribution in [-0.4, -0.2) is 19.3 Å². The molecule has 0 aliphatic carbocycles. The van der Waals surface area contributed by atoms with Gasteiger partial charge in [-0.05, 0) is 56.3 Å². The normalized spacial score (nSPS) is 11.1. The van der Waals surface area contributed by atoms with E-state index >= 15 is 0 Å². The molecule has 0 amide bonds. The van der Waals surface area contributed by atoms with E-state index in [1.54, 1.807) is 0 Å². The van der Waals surface area contributed by atoms with Crippen molar-refractivity contribution in [1.82, 2.24) is 19.3 Å². The fourth-order valence-electron chi connectivity index (χ4n) is 4.48. The second kappa shape index (κ2) is 9.12. The first-order valence-electron chi connectivity index (χ1n) is 11.0. The molecule has 6 rings (SSSR count). The number of ether oxygens (including phenoxy) is 1. The number of hydrogen-bond donors (Lipinski definition) is 0. The molecule has 7 heteroatoms. The van der Waals surface area contributed by atoms with Gasteiger partial charge in [-0.2, -0.15) is 5.10 Å². The smallest absolute Gasteiger partial charge is 0.140 e. The van der Waals surface area contributed by atoms with Crippen LogP contribution < -0.4 is 4.74 Å². The molecule has 0 spiro atoms. The number of para-hydroxylation sites is 1. The van der Waals surface area contributed by atoms with Crippen molar-refractivity contribution in [3.05, 3.63) is 108 Å². The van der Waals surface area contributed by atoms with Gasteiger partial charge in [-0.15, -0.1) is 0 Å². The quantitative estimate of drug-likeness (QED) is 0.210. The minimum absolute atomic E-state index is 0. The number of hydrogen-bond acceptors (Lipinski definition) is 3. The predicted molar refractivity (Wildman–Crippen MR) is 132 cm³/mol. The Bertz CT molecular complexity index is 1690. The Hall–Kier alpha value is -3.76. The van der Waals surface area contributed by atoms with E-state index in [0.29, 0.717) is 17.3 Å². The van der Waals surface area contributed by atoms with Crippen LogP contribution in [0.15, 0.2) is 91.1 Å². The number of aromatic nitrogens is 4. The molecule has 6 aromatic rings. The van der Waals surface area contributed by atoms with Crippen molar-refractivity contribution in [3.63, 3.8) is 0 Å². The molecule has 5 nitrogen and oxygen atoms in total. The molecule has 0 N–H and O–H groups in total. The van der Waals surface area contributed by atoms with Gasteiger partial charge < -0.3 is 4.74 Å². The molecular formula is C28H21FN4OPt. The summed E-state index contributed by atoms with van der Waals surface area (Å²) in [6.07, 6.45) is 1.48. The van der Waals surface area contributed by atoms with E-state index in [1.165, 1.54) is 18.3 Å². The molecule has 0 aliphatic heterocycles. The summed E-state index contributed by atoms with van der Waals surface area (Å²) in [7, 11) is 0. The van der Waals surface area contributed by atoms with Gasteiger partial charge in [0, 0.05) is 61.9 Å². The summed E-state index contributed by atoms with van der Waals surface area (Å²) in [5.41, 5.74) is 4.81. The van der Waals surface area contributed by atoms with Gasteiger partial charge in [-0.25, -0.2) is 14.1 Å². The van der Waals surface area contributed by atoms with Gasteiger partial charge in [0.25, 0.3) is 0 Å². The van der Waals surface area contributed by atoms with E-state index < -0.39 is 0 Å². The summed E-state index contributed by atoms with van der Waals surface area (Å²) in [5, 5.41) is 6.68. The number of rotatable bonds is 4. The fourth-order valence-corrected chi connectivity index (χ4v) is 4.48. The van der Waals surface area contributed by atoms with Crippen molar-refractivity contribution in [2.45, 2.75) is 13.8 Å². The number of pyridine rings is 1. The van der Waals surface area contributed by atoms with E-state index in [4.69, 9.17) is 4.74 Å².